The zero-order chi connectivity index (χ0) is 16.4. The predicted molar refractivity (Wildman–Crippen MR) is 94.0 cm³/mol. The highest BCUT2D eigenvalue weighted by atomic mass is 32.2. The normalized spacial score (nSPS) is 23.0. The molecule has 0 radical (unpaired) electrons. The first-order chi connectivity index (χ1) is 11.1. The van der Waals surface area contributed by atoms with Gasteiger partial charge in [0, 0.05) is 55.1 Å². The fraction of sp³-hybridized carbons (Fsp3) is 0.625. The molecular formula is C16H22N2O3S2. The average molecular weight is 354 g/mol. The van der Waals surface area contributed by atoms with Crippen molar-refractivity contribution >= 4 is 35.4 Å². The van der Waals surface area contributed by atoms with E-state index < -0.39 is 0 Å². The van der Waals surface area contributed by atoms with Gasteiger partial charge in [-0.3, -0.25) is 4.79 Å². The second kappa shape index (κ2) is 7.21. The van der Waals surface area contributed by atoms with Gasteiger partial charge in [0.15, 0.2) is 0 Å². The molecule has 23 heavy (non-hydrogen) atoms. The molecule has 5 nitrogen and oxygen atoms in total. The molecule has 0 bridgehead atoms. The summed E-state index contributed by atoms with van der Waals surface area (Å²) in [5.74, 6) is 2.67. The molecule has 2 saturated heterocycles. The fourth-order valence-corrected chi connectivity index (χ4v) is 5.02. The maximum absolute atomic E-state index is 12.4. The topological polar surface area (TPSA) is 49.9 Å². The van der Waals surface area contributed by atoms with E-state index in [4.69, 9.17) is 4.74 Å². The molecule has 0 aromatic heterocycles. The van der Waals surface area contributed by atoms with Crippen LogP contribution in [0.3, 0.4) is 0 Å². The van der Waals surface area contributed by atoms with Gasteiger partial charge in [-0.1, -0.05) is 0 Å². The van der Waals surface area contributed by atoms with Gasteiger partial charge in [0.25, 0.3) is 0 Å². The van der Waals surface area contributed by atoms with Crippen molar-refractivity contribution < 1.29 is 14.3 Å². The van der Waals surface area contributed by atoms with Crippen LogP contribution < -0.4 is 0 Å². The first kappa shape index (κ1) is 16.8. The molecule has 0 aromatic rings. The Bertz CT molecular complexity index is 566. The van der Waals surface area contributed by atoms with Crippen LogP contribution >= 0.6 is 23.5 Å². The van der Waals surface area contributed by atoms with Crippen molar-refractivity contribution in [2.45, 2.75) is 26.4 Å². The molecule has 1 amide bonds. The van der Waals surface area contributed by atoms with Gasteiger partial charge in [-0.15, -0.1) is 11.8 Å². The summed E-state index contributed by atoms with van der Waals surface area (Å²) < 4.78 is 5.32. The van der Waals surface area contributed by atoms with Crippen LogP contribution in [-0.2, 0) is 14.3 Å². The van der Waals surface area contributed by atoms with Crippen LogP contribution in [0.1, 0.15) is 20.3 Å². The number of rotatable bonds is 3. The summed E-state index contributed by atoms with van der Waals surface area (Å²) in [6.45, 7) is 6.14. The number of hydrogen-bond donors (Lipinski definition) is 0. The SMILES string of the molecule is CC(C)OC(=O)C1=C2SCC(=CC(=O)N3CCSCC3)N2CC1. The highest BCUT2D eigenvalue weighted by molar-refractivity contribution is 8.03. The first-order valence-electron chi connectivity index (χ1n) is 7.98. The molecule has 0 aromatic carbocycles. The fourth-order valence-electron chi connectivity index (χ4n) is 2.87. The maximum atomic E-state index is 12.4. The van der Waals surface area contributed by atoms with Gasteiger partial charge >= 0.3 is 5.97 Å². The number of esters is 1. The van der Waals surface area contributed by atoms with Gasteiger partial charge in [-0.05, 0) is 13.8 Å². The van der Waals surface area contributed by atoms with E-state index >= 15 is 0 Å². The maximum Gasteiger partial charge on any atom is 0.336 e. The number of fused-ring (bicyclic) bond motifs is 1. The molecule has 0 N–H and O–H groups in total. The molecule has 3 aliphatic heterocycles. The van der Waals surface area contributed by atoms with Crippen molar-refractivity contribution in [1.82, 2.24) is 9.80 Å². The second-order valence-corrected chi connectivity index (χ2v) is 8.19. The molecule has 0 atom stereocenters. The molecule has 3 aliphatic rings. The lowest BCUT2D eigenvalue weighted by Crippen LogP contribution is -2.37. The summed E-state index contributed by atoms with van der Waals surface area (Å²) in [4.78, 5) is 28.6. The van der Waals surface area contributed by atoms with E-state index in [9.17, 15) is 9.59 Å². The van der Waals surface area contributed by atoms with Crippen molar-refractivity contribution in [3.63, 3.8) is 0 Å². The van der Waals surface area contributed by atoms with Crippen LogP contribution in [0.15, 0.2) is 22.4 Å². The molecule has 7 heteroatoms. The number of ether oxygens (including phenoxy) is 1. The molecule has 0 spiro atoms. The van der Waals surface area contributed by atoms with E-state index in [1.165, 1.54) is 0 Å². The summed E-state index contributed by atoms with van der Waals surface area (Å²) in [5, 5.41) is 0.976. The molecule has 3 heterocycles. The van der Waals surface area contributed by atoms with E-state index in [-0.39, 0.29) is 18.0 Å². The number of hydrogen-bond acceptors (Lipinski definition) is 6. The zero-order valence-corrected chi connectivity index (χ0v) is 15.2. The Morgan fingerprint density at radius 3 is 2.65 bits per heavy atom. The van der Waals surface area contributed by atoms with Crippen molar-refractivity contribution in [3.05, 3.63) is 22.4 Å². The quantitative estimate of drug-likeness (QED) is 0.571. The summed E-state index contributed by atoms with van der Waals surface area (Å²) in [6, 6.07) is 0. The van der Waals surface area contributed by atoms with Gasteiger partial charge in [-0.2, -0.15) is 11.8 Å². The Kier molecular flexibility index (Phi) is 5.26. The Balaban J connectivity index is 1.71. The van der Waals surface area contributed by atoms with Gasteiger partial charge in [-0.25, -0.2) is 4.79 Å². The van der Waals surface area contributed by atoms with Crippen LogP contribution in [0.4, 0.5) is 0 Å². The average Bonchev–Trinajstić information content (AvgIpc) is 3.10. The monoisotopic (exact) mass is 354 g/mol. The summed E-state index contributed by atoms with van der Waals surface area (Å²) in [6.07, 6.45) is 2.34. The standard InChI is InChI=1S/C16H22N2O3S2/c1-11(2)21-16(20)13-3-4-18-12(10-23-15(13)18)9-14(19)17-5-7-22-8-6-17/h9,11H,3-8,10H2,1-2H3. The lowest BCUT2D eigenvalue weighted by atomic mass is 10.2. The Labute approximate surface area is 145 Å². The van der Waals surface area contributed by atoms with E-state index in [0.29, 0.717) is 6.42 Å². The zero-order valence-electron chi connectivity index (χ0n) is 13.5. The van der Waals surface area contributed by atoms with Crippen LogP contribution in [-0.4, -0.2) is 64.7 Å². The molecule has 3 rings (SSSR count). The molecule has 0 unspecified atom stereocenters. The third-order valence-electron chi connectivity index (χ3n) is 3.99. The number of nitrogens with zero attached hydrogens (tertiary/aromatic N) is 2. The number of carbonyl (C=O) groups is 2. The minimum Gasteiger partial charge on any atom is -0.460 e. The molecule has 0 saturated carbocycles. The molecule has 126 valence electrons. The van der Waals surface area contributed by atoms with Crippen LogP contribution in [0.5, 0.6) is 0 Å². The highest BCUT2D eigenvalue weighted by Crippen LogP contribution is 2.42. The first-order valence-corrected chi connectivity index (χ1v) is 10.1. The Hall–Kier alpha value is -1.08. The van der Waals surface area contributed by atoms with Crippen LogP contribution in [0.25, 0.3) is 0 Å². The number of amides is 1. The number of thioether (sulfide) groups is 2. The van der Waals surface area contributed by atoms with E-state index in [1.807, 2.05) is 30.5 Å². The molecule has 0 aliphatic carbocycles. The van der Waals surface area contributed by atoms with Gasteiger partial charge < -0.3 is 14.5 Å². The van der Waals surface area contributed by atoms with E-state index in [1.54, 1.807) is 17.8 Å². The van der Waals surface area contributed by atoms with Crippen molar-refractivity contribution in [1.29, 1.82) is 0 Å². The van der Waals surface area contributed by atoms with Crippen molar-refractivity contribution in [2.75, 3.05) is 36.9 Å². The Morgan fingerprint density at radius 2 is 1.96 bits per heavy atom. The molecule has 2 fully saturated rings. The van der Waals surface area contributed by atoms with E-state index in [0.717, 1.165) is 53.2 Å². The van der Waals surface area contributed by atoms with Gasteiger partial charge in [0.2, 0.25) is 5.91 Å². The summed E-state index contributed by atoms with van der Waals surface area (Å²) >= 11 is 3.53. The summed E-state index contributed by atoms with van der Waals surface area (Å²) in [7, 11) is 0. The van der Waals surface area contributed by atoms with Crippen molar-refractivity contribution in [3.8, 4) is 0 Å². The van der Waals surface area contributed by atoms with Gasteiger partial charge in [0.05, 0.1) is 16.7 Å². The van der Waals surface area contributed by atoms with Crippen LogP contribution in [0, 0.1) is 0 Å². The number of carbonyl (C=O) groups excluding carboxylic acids is 2. The third-order valence-corrected chi connectivity index (χ3v) is 6.12. The lowest BCUT2D eigenvalue weighted by Gasteiger charge is -2.26. The van der Waals surface area contributed by atoms with Crippen molar-refractivity contribution in [2.24, 2.45) is 0 Å². The van der Waals surface area contributed by atoms with Crippen LogP contribution in [0.2, 0.25) is 0 Å². The Morgan fingerprint density at radius 1 is 1.22 bits per heavy atom. The minimum absolute atomic E-state index is 0.0976. The second-order valence-electron chi connectivity index (χ2n) is 6.00. The largest absolute Gasteiger partial charge is 0.460 e. The van der Waals surface area contributed by atoms with Gasteiger partial charge in [0.1, 0.15) is 0 Å². The smallest absolute Gasteiger partial charge is 0.336 e. The third kappa shape index (κ3) is 3.71. The summed E-state index contributed by atoms with van der Waals surface area (Å²) in [5.41, 5.74) is 1.77. The minimum atomic E-state index is -0.217. The molecular weight excluding hydrogens is 332 g/mol. The lowest BCUT2D eigenvalue weighted by molar-refractivity contribution is -0.142. The predicted octanol–water partition coefficient (Wildman–Crippen LogP) is 2.06. The van der Waals surface area contributed by atoms with E-state index in [2.05, 4.69) is 4.90 Å². The highest BCUT2D eigenvalue weighted by Gasteiger charge is 2.35.